The minimum Gasteiger partial charge on any atom is -0.494 e. The average Bonchev–Trinajstić information content (AvgIpc) is 2.79. The van der Waals surface area contributed by atoms with E-state index in [0.717, 1.165) is 20.4 Å². The first-order valence-electron chi connectivity index (χ1n) is 6.07. The molecule has 0 fully saturated rings. The Balaban J connectivity index is 1.67. The zero-order valence-electron chi connectivity index (χ0n) is 10.6. The summed E-state index contributed by atoms with van der Waals surface area (Å²) in [5, 5.41) is 2.88. The fraction of sp³-hybridized carbons (Fsp3) is 0.214. The smallest absolute Gasteiger partial charge is 0.261 e. The van der Waals surface area contributed by atoms with Crippen LogP contribution in [0.3, 0.4) is 0 Å². The van der Waals surface area contributed by atoms with Crippen LogP contribution in [-0.4, -0.2) is 19.1 Å². The molecular formula is C14H13Br2NO2S. The fourth-order valence-corrected chi connectivity index (χ4v) is 3.48. The first-order valence-corrected chi connectivity index (χ1v) is 8.48. The minimum absolute atomic E-state index is 0.0545. The number of para-hydroxylation sites is 1. The van der Waals surface area contributed by atoms with Crippen molar-refractivity contribution in [2.45, 2.75) is 6.42 Å². The number of carbonyl (C=O) groups is 1. The van der Waals surface area contributed by atoms with Crippen LogP contribution in [0.5, 0.6) is 5.75 Å². The van der Waals surface area contributed by atoms with E-state index < -0.39 is 0 Å². The number of rotatable bonds is 6. The number of thiophene rings is 1. The summed E-state index contributed by atoms with van der Waals surface area (Å²) < 4.78 is 7.38. The van der Waals surface area contributed by atoms with Gasteiger partial charge in [0.25, 0.3) is 5.91 Å². The molecule has 6 heteroatoms. The first-order chi connectivity index (χ1) is 9.66. The van der Waals surface area contributed by atoms with Crippen LogP contribution in [0.4, 0.5) is 0 Å². The molecule has 1 amide bonds. The van der Waals surface area contributed by atoms with Crippen molar-refractivity contribution >= 4 is 49.1 Å². The van der Waals surface area contributed by atoms with E-state index >= 15 is 0 Å². The predicted octanol–water partition coefficient (Wildman–Crippen LogP) is 4.47. The van der Waals surface area contributed by atoms with E-state index in [1.807, 2.05) is 36.4 Å². The van der Waals surface area contributed by atoms with Crippen LogP contribution in [-0.2, 0) is 0 Å². The summed E-state index contributed by atoms with van der Waals surface area (Å²) >= 11 is 8.15. The summed E-state index contributed by atoms with van der Waals surface area (Å²) in [5.74, 6) is 0.797. The fourth-order valence-electron chi connectivity index (χ4n) is 1.53. The maximum atomic E-state index is 11.9. The number of ether oxygens (including phenoxy) is 1. The van der Waals surface area contributed by atoms with E-state index in [1.54, 1.807) is 0 Å². The predicted molar refractivity (Wildman–Crippen MR) is 88.6 cm³/mol. The maximum Gasteiger partial charge on any atom is 0.261 e. The third-order valence-corrected chi connectivity index (χ3v) is 5.74. The Kier molecular flexibility index (Phi) is 6.06. The van der Waals surface area contributed by atoms with E-state index in [2.05, 4.69) is 37.2 Å². The van der Waals surface area contributed by atoms with Gasteiger partial charge in [0.15, 0.2) is 0 Å². The molecule has 3 nitrogen and oxygen atoms in total. The van der Waals surface area contributed by atoms with E-state index in [1.165, 1.54) is 11.3 Å². The quantitative estimate of drug-likeness (QED) is 0.702. The molecule has 106 valence electrons. The van der Waals surface area contributed by atoms with E-state index in [9.17, 15) is 4.79 Å². The molecular weight excluding hydrogens is 406 g/mol. The highest BCUT2D eigenvalue weighted by atomic mass is 79.9. The molecule has 1 aromatic heterocycles. The van der Waals surface area contributed by atoms with Crippen molar-refractivity contribution in [3.63, 3.8) is 0 Å². The van der Waals surface area contributed by atoms with Gasteiger partial charge in [-0.15, -0.1) is 11.3 Å². The van der Waals surface area contributed by atoms with Crippen molar-refractivity contribution in [1.82, 2.24) is 5.32 Å². The van der Waals surface area contributed by atoms with Crippen molar-refractivity contribution in [1.29, 1.82) is 0 Å². The van der Waals surface area contributed by atoms with Crippen molar-refractivity contribution < 1.29 is 9.53 Å². The summed E-state index contributed by atoms with van der Waals surface area (Å²) in [6.07, 6.45) is 0.772. The maximum absolute atomic E-state index is 11.9. The number of amides is 1. The van der Waals surface area contributed by atoms with Gasteiger partial charge < -0.3 is 10.1 Å². The van der Waals surface area contributed by atoms with E-state index in [0.29, 0.717) is 18.0 Å². The van der Waals surface area contributed by atoms with Gasteiger partial charge in [-0.3, -0.25) is 4.79 Å². The molecule has 0 radical (unpaired) electrons. The summed E-state index contributed by atoms with van der Waals surface area (Å²) in [5.41, 5.74) is 0. The Hall–Kier alpha value is -0.850. The van der Waals surface area contributed by atoms with E-state index in [4.69, 9.17) is 4.74 Å². The van der Waals surface area contributed by atoms with Gasteiger partial charge in [-0.25, -0.2) is 0 Å². The van der Waals surface area contributed by atoms with Crippen LogP contribution in [0.2, 0.25) is 0 Å². The van der Waals surface area contributed by atoms with Crippen LogP contribution in [0.15, 0.2) is 44.7 Å². The molecule has 20 heavy (non-hydrogen) atoms. The van der Waals surface area contributed by atoms with Gasteiger partial charge in [-0.05, 0) is 56.5 Å². The van der Waals surface area contributed by atoms with Gasteiger partial charge >= 0.3 is 0 Å². The molecule has 0 saturated carbocycles. The number of halogens is 2. The molecule has 0 atom stereocenters. The Morgan fingerprint density at radius 2 is 2.00 bits per heavy atom. The number of carbonyl (C=O) groups excluding carboxylic acids is 1. The molecule has 0 aliphatic heterocycles. The second kappa shape index (κ2) is 7.81. The van der Waals surface area contributed by atoms with Crippen LogP contribution < -0.4 is 10.1 Å². The summed E-state index contributed by atoms with van der Waals surface area (Å²) in [7, 11) is 0. The molecule has 2 aromatic rings. The molecule has 0 spiro atoms. The molecule has 0 aliphatic rings. The highest BCUT2D eigenvalue weighted by Gasteiger charge is 2.11. The highest BCUT2D eigenvalue weighted by Crippen LogP contribution is 2.32. The monoisotopic (exact) mass is 417 g/mol. The number of hydrogen-bond donors (Lipinski definition) is 1. The standard InChI is InChI=1S/C14H13Br2NO2S/c15-11-9-12(20-13(11)16)14(18)17-7-4-8-19-10-5-2-1-3-6-10/h1-3,5-6,9H,4,7-8H2,(H,17,18). The van der Waals surface area contributed by atoms with Crippen LogP contribution in [0.25, 0.3) is 0 Å². The van der Waals surface area contributed by atoms with Crippen LogP contribution in [0.1, 0.15) is 16.1 Å². The molecule has 0 saturated heterocycles. The molecule has 2 rings (SSSR count). The number of nitrogens with one attached hydrogen (secondary N) is 1. The van der Waals surface area contributed by atoms with Crippen molar-refractivity contribution in [3.05, 3.63) is 49.5 Å². The first kappa shape index (κ1) is 15.5. The van der Waals surface area contributed by atoms with E-state index in [-0.39, 0.29) is 5.91 Å². The second-order valence-electron chi connectivity index (χ2n) is 4.00. The zero-order valence-corrected chi connectivity index (χ0v) is 14.6. The molecule has 0 unspecified atom stereocenters. The third kappa shape index (κ3) is 4.61. The largest absolute Gasteiger partial charge is 0.494 e. The lowest BCUT2D eigenvalue weighted by atomic mass is 10.3. The number of hydrogen-bond acceptors (Lipinski definition) is 3. The molecule has 1 N–H and O–H groups in total. The molecule has 0 aliphatic carbocycles. The lowest BCUT2D eigenvalue weighted by molar-refractivity contribution is 0.0955. The summed E-state index contributed by atoms with van der Waals surface area (Å²) in [6, 6.07) is 11.5. The highest BCUT2D eigenvalue weighted by molar-refractivity contribution is 9.13. The minimum atomic E-state index is -0.0545. The Bertz CT molecular complexity index is 552. The van der Waals surface area contributed by atoms with Gasteiger partial charge in [0.1, 0.15) is 5.75 Å². The third-order valence-electron chi connectivity index (χ3n) is 2.49. The Morgan fingerprint density at radius 1 is 1.25 bits per heavy atom. The van der Waals surface area contributed by atoms with Crippen LogP contribution >= 0.6 is 43.2 Å². The average molecular weight is 419 g/mol. The van der Waals surface area contributed by atoms with Gasteiger partial charge in [0.2, 0.25) is 0 Å². The topological polar surface area (TPSA) is 38.3 Å². The zero-order chi connectivity index (χ0) is 14.4. The Labute approximate surface area is 138 Å². The lowest BCUT2D eigenvalue weighted by Crippen LogP contribution is -2.24. The van der Waals surface area contributed by atoms with Gasteiger partial charge in [0, 0.05) is 11.0 Å². The Morgan fingerprint density at radius 3 is 2.65 bits per heavy atom. The SMILES string of the molecule is O=C(NCCCOc1ccccc1)c1cc(Br)c(Br)s1. The second-order valence-corrected chi connectivity index (χ2v) is 7.23. The lowest BCUT2D eigenvalue weighted by Gasteiger charge is -2.06. The van der Waals surface area contributed by atoms with Gasteiger partial charge in [-0.2, -0.15) is 0 Å². The summed E-state index contributed by atoms with van der Waals surface area (Å²) in [6.45, 7) is 1.18. The summed E-state index contributed by atoms with van der Waals surface area (Å²) in [4.78, 5) is 12.5. The van der Waals surface area contributed by atoms with Gasteiger partial charge in [0.05, 0.1) is 15.3 Å². The van der Waals surface area contributed by atoms with Crippen molar-refractivity contribution in [2.24, 2.45) is 0 Å². The molecule has 0 bridgehead atoms. The van der Waals surface area contributed by atoms with Crippen molar-refractivity contribution in [3.8, 4) is 5.75 Å². The normalized spacial score (nSPS) is 10.3. The molecule has 1 heterocycles. The van der Waals surface area contributed by atoms with Crippen LogP contribution in [0, 0.1) is 0 Å². The van der Waals surface area contributed by atoms with Crippen molar-refractivity contribution in [2.75, 3.05) is 13.2 Å². The van der Waals surface area contributed by atoms with Gasteiger partial charge in [-0.1, -0.05) is 18.2 Å². The number of benzene rings is 1. The molecule has 1 aromatic carbocycles.